The fourth-order valence-corrected chi connectivity index (χ4v) is 1.62. The molecule has 0 bridgehead atoms. The minimum atomic E-state index is 0.238. The quantitative estimate of drug-likeness (QED) is 0.739. The largest absolute Gasteiger partial charge is 0.290 e. The smallest absolute Gasteiger partial charge is 0.168 e. The van der Waals surface area contributed by atoms with Gasteiger partial charge in [0.05, 0.1) is 16.7 Å². The molecule has 72 valence electrons. The minimum Gasteiger partial charge on any atom is -0.290 e. The summed E-state index contributed by atoms with van der Waals surface area (Å²) in [5.41, 5.74) is 2.98. The van der Waals surface area contributed by atoms with E-state index in [1.165, 1.54) is 6.20 Å². The average Bonchev–Trinajstić information content (AvgIpc) is 2.17. The zero-order chi connectivity index (χ0) is 10.1. The lowest BCUT2D eigenvalue weighted by atomic mass is 10.3. The van der Waals surface area contributed by atoms with Crippen LogP contribution in [0.2, 0.25) is 10.0 Å². The lowest BCUT2D eigenvalue weighted by molar-refractivity contribution is 0.386. The van der Waals surface area contributed by atoms with Crippen LogP contribution in [0.1, 0.15) is 0 Å². The molecular formula is C8H5Cl2N3O. The van der Waals surface area contributed by atoms with Crippen LogP contribution < -0.4 is 5.48 Å². The van der Waals surface area contributed by atoms with Crippen molar-refractivity contribution in [2.75, 3.05) is 5.48 Å². The zero-order valence-electron chi connectivity index (χ0n) is 6.83. The number of hydrogen-bond acceptors (Lipinski definition) is 4. The molecule has 2 rings (SSSR count). The van der Waals surface area contributed by atoms with Crippen molar-refractivity contribution in [3.05, 3.63) is 28.4 Å². The molecule has 0 unspecified atom stereocenters. The van der Waals surface area contributed by atoms with Gasteiger partial charge in [0.2, 0.25) is 0 Å². The van der Waals surface area contributed by atoms with Crippen molar-refractivity contribution in [3.8, 4) is 0 Å². The van der Waals surface area contributed by atoms with Gasteiger partial charge >= 0.3 is 0 Å². The summed E-state index contributed by atoms with van der Waals surface area (Å²) in [5.74, 6) is 0.238. The van der Waals surface area contributed by atoms with E-state index in [0.29, 0.717) is 21.1 Å². The summed E-state index contributed by atoms with van der Waals surface area (Å²) in [5, 5.41) is 9.52. The van der Waals surface area contributed by atoms with Crippen molar-refractivity contribution in [2.45, 2.75) is 0 Å². The predicted molar refractivity (Wildman–Crippen MR) is 55.0 cm³/mol. The Morgan fingerprint density at radius 1 is 1.29 bits per heavy atom. The third kappa shape index (κ3) is 1.59. The lowest BCUT2D eigenvalue weighted by Gasteiger charge is -2.02. The molecule has 0 saturated carbocycles. The SMILES string of the molecule is ONc1cnc2cc(Cl)cc(Cl)c2n1. The number of aromatic nitrogens is 2. The molecule has 1 heterocycles. The number of nitrogens with one attached hydrogen (secondary N) is 1. The van der Waals surface area contributed by atoms with E-state index in [1.54, 1.807) is 12.1 Å². The highest BCUT2D eigenvalue weighted by Gasteiger charge is 2.04. The minimum absolute atomic E-state index is 0.238. The average molecular weight is 230 g/mol. The highest BCUT2D eigenvalue weighted by molar-refractivity contribution is 6.38. The summed E-state index contributed by atoms with van der Waals surface area (Å²) in [7, 11) is 0. The zero-order valence-corrected chi connectivity index (χ0v) is 8.34. The summed E-state index contributed by atoms with van der Waals surface area (Å²) in [4.78, 5) is 8.04. The van der Waals surface area contributed by atoms with Gasteiger partial charge in [0.1, 0.15) is 5.52 Å². The summed E-state index contributed by atoms with van der Waals surface area (Å²) in [6.07, 6.45) is 1.38. The molecule has 6 heteroatoms. The van der Waals surface area contributed by atoms with Crippen molar-refractivity contribution in [3.63, 3.8) is 0 Å². The third-order valence-electron chi connectivity index (χ3n) is 1.68. The number of hydrogen-bond donors (Lipinski definition) is 2. The highest BCUT2D eigenvalue weighted by atomic mass is 35.5. The monoisotopic (exact) mass is 229 g/mol. The maximum Gasteiger partial charge on any atom is 0.168 e. The van der Waals surface area contributed by atoms with Crippen LogP contribution in [-0.2, 0) is 0 Å². The molecule has 0 radical (unpaired) electrons. The Hall–Kier alpha value is -1.10. The Morgan fingerprint density at radius 2 is 2.07 bits per heavy atom. The lowest BCUT2D eigenvalue weighted by Crippen LogP contribution is -1.95. The molecule has 0 spiro atoms. The summed E-state index contributed by atoms with van der Waals surface area (Å²) < 4.78 is 0. The second kappa shape index (κ2) is 3.57. The van der Waals surface area contributed by atoms with E-state index >= 15 is 0 Å². The van der Waals surface area contributed by atoms with Gasteiger partial charge in [-0.05, 0) is 12.1 Å². The fourth-order valence-electron chi connectivity index (χ4n) is 1.10. The second-order valence-electron chi connectivity index (χ2n) is 2.62. The molecule has 0 aliphatic carbocycles. The van der Waals surface area contributed by atoms with Crippen molar-refractivity contribution in [1.29, 1.82) is 0 Å². The number of rotatable bonds is 1. The van der Waals surface area contributed by atoms with Crippen molar-refractivity contribution in [1.82, 2.24) is 9.97 Å². The number of anilines is 1. The Labute approximate surface area is 89.5 Å². The van der Waals surface area contributed by atoms with Crippen LogP contribution in [-0.4, -0.2) is 15.2 Å². The summed E-state index contributed by atoms with van der Waals surface area (Å²) >= 11 is 11.7. The van der Waals surface area contributed by atoms with Gasteiger partial charge in [0.15, 0.2) is 5.82 Å². The van der Waals surface area contributed by atoms with E-state index in [4.69, 9.17) is 28.4 Å². The van der Waals surface area contributed by atoms with E-state index in [2.05, 4.69) is 9.97 Å². The van der Waals surface area contributed by atoms with Crippen molar-refractivity contribution < 1.29 is 5.21 Å². The van der Waals surface area contributed by atoms with Crippen molar-refractivity contribution in [2.24, 2.45) is 0 Å². The maximum atomic E-state index is 8.62. The van der Waals surface area contributed by atoms with Crippen LogP contribution >= 0.6 is 23.2 Å². The topological polar surface area (TPSA) is 58.0 Å². The molecule has 0 fully saturated rings. The first kappa shape index (κ1) is 9.45. The third-order valence-corrected chi connectivity index (χ3v) is 2.19. The van der Waals surface area contributed by atoms with Gasteiger partial charge in [-0.1, -0.05) is 23.2 Å². The fraction of sp³-hybridized carbons (Fsp3) is 0. The first-order chi connectivity index (χ1) is 6.70. The van der Waals surface area contributed by atoms with Crippen LogP contribution in [0.15, 0.2) is 18.3 Å². The van der Waals surface area contributed by atoms with E-state index in [9.17, 15) is 0 Å². The molecule has 1 aromatic carbocycles. The van der Waals surface area contributed by atoms with Gasteiger partial charge in [-0.3, -0.25) is 15.7 Å². The Morgan fingerprint density at radius 3 is 2.79 bits per heavy atom. The molecule has 0 saturated heterocycles. The molecule has 2 aromatic rings. The predicted octanol–water partition coefficient (Wildman–Crippen LogP) is 2.74. The van der Waals surface area contributed by atoms with Crippen LogP contribution in [0.5, 0.6) is 0 Å². The molecular weight excluding hydrogens is 225 g/mol. The summed E-state index contributed by atoms with van der Waals surface area (Å²) in [6, 6.07) is 3.22. The molecule has 0 atom stereocenters. The molecule has 14 heavy (non-hydrogen) atoms. The maximum absolute atomic E-state index is 8.62. The molecule has 0 aliphatic rings. The number of benzene rings is 1. The Balaban J connectivity index is 2.75. The Kier molecular flexibility index (Phi) is 2.41. The van der Waals surface area contributed by atoms with Crippen molar-refractivity contribution >= 4 is 40.1 Å². The van der Waals surface area contributed by atoms with Crippen LogP contribution in [0, 0.1) is 0 Å². The van der Waals surface area contributed by atoms with Gasteiger partial charge < -0.3 is 0 Å². The van der Waals surface area contributed by atoms with Gasteiger partial charge in [0.25, 0.3) is 0 Å². The first-order valence-electron chi connectivity index (χ1n) is 3.72. The van der Waals surface area contributed by atoms with Crippen LogP contribution in [0.3, 0.4) is 0 Å². The molecule has 0 amide bonds. The van der Waals surface area contributed by atoms with Crippen LogP contribution in [0.25, 0.3) is 11.0 Å². The molecule has 2 N–H and O–H groups in total. The van der Waals surface area contributed by atoms with E-state index in [1.807, 2.05) is 5.48 Å². The number of halogens is 2. The Bertz CT molecular complexity index is 489. The van der Waals surface area contributed by atoms with Crippen LogP contribution in [0.4, 0.5) is 5.82 Å². The number of nitrogens with zero attached hydrogens (tertiary/aromatic N) is 2. The molecule has 4 nitrogen and oxygen atoms in total. The van der Waals surface area contributed by atoms with Gasteiger partial charge in [-0.2, -0.15) is 0 Å². The van der Waals surface area contributed by atoms with Gasteiger partial charge in [-0.15, -0.1) is 0 Å². The highest BCUT2D eigenvalue weighted by Crippen LogP contribution is 2.25. The van der Waals surface area contributed by atoms with E-state index < -0.39 is 0 Å². The normalized spacial score (nSPS) is 10.5. The number of fused-ring (bicyclic) bond motifs is 1. The molecule has 0 aliphatic heterocycles. The standard InChI is InChI=1S/C8H5Cl2N3O/c9-4-1-5(10)8-6(2-4)11-3-7(12-8)13-14/h1-3,14H,(H,12,13). The first-order valence-corrected chi connectivity index (χ1v) is 4.48. The van der Waals surface area contributed by atoms with E-state index in [-0.39, 0.29) is 5.82 Å². The second-order valence-corrected chi connectivity index (χ2v) is 3.47. The van der Waals surface area contributed by atoms with Gasteiger partial charge in [0, 0.05) is 5.02 Å². The van der Waals surface area contributed by atoms with Gasteiger partial charge in [-0.25, -0.2) is 4.98 Å². The molecule has 1 aromatic heterocycles. The van der Waals surface area contributed by atoms with E-state index in [0.717, 1.165) is 0 Å². The summed E-state index contributed by atoms with van der Waals surface area (Å²) in [6.45, 7) is 0.